The lowest BCUT2D eigenvalue weighted by atomic mass is 10.2. The van der Waals surface area contributed by atoms with Crippen LogP contribution >= 0.6 is 35.0 Å². The number of halogens is 2. The lowest BCUT2D eigenvalue weighted by Gasteiger charge is -2.10. The number of rotatable bonds is 7. The molecular weight excluding hydrogens is 367 g/mol. The van der Waals surface area contributed by atoms with Gasteiger partial charge in [0.05, 0.1) is 22.9 Å². The van der Waals surface area contributed by atoms with Crippen LogP contribution in [0.5, 0.6) is 5.75 Å². The molecule has 0 fully saturated rings. The third-order valence-electron chi connectivity index (χ3n) is 3.13. The zero-order valence-corrected chi connectivity index (χ0v) is 16.4. The van der Waals surface area contributed by atoms with E-state index in [9.17, 15) is 0 Å². The van der Waals surface area contributed by atoms with E-state index in [2.05, 4.69) is 15.3 Å². The van der Waals surface area contributed by atoms with Crippen LogP contribution in [0, 0.1) is 0 Å². The van der Waals surface area contributed by atoms with E-state index in [1.165, 1.54) is 11.8 Å². The van der Waals surface area contributed by atoms with E-state index >= 15 is 0 Å². The van der Waals surface area contributed by atoms with Crippen molar-refractivity contribution < 1.29 is 4.74 Å². The fourth-order valence-electron chi connectivity index (χ4n) is 1.99. The summed E-state index contributed by atoms with van der Waals surface area (Å²) in [5.74, 6) is 1.53. The summed E-state index contributed by atoms with van der Waals surface area (Å²) in [6, 6.07) is 3.56. The molecule has 0 unspecified atom stereocenters. The standard InChI is InChI=1S/C16H20Cl2N4OS/c1-5-6-23-14-12(17)7-11(8-13(14)18)9-19-22-15(10(2)3)20-21-16(22)24-4/h7-10H,5-6H2,1-4H3/b19-9-. The Hall–Kier alpha value is -1.24. The first-order valence-electron chi connectivity index (χ1n) is 7.63. The van der Waals surface area contributed by atoms with E-state index in [0.717, 1.165) is 23.0 Å². The molecule has 0 amide bonds. The van der Waals surface area contributed by atoms with E-state index in [1.54, 1.807) is 23.0 Å². The summed E-state index contributed by atoms with van der Waals surface area (Å²) in [5.41, 5.74) is 0.782. The SMILES string of the molecule is CCCOc1c(Cl)cc(/C=N\n2c(SC)nnc2C(C)C)cc1Cl. The second-order valence-electron chi connectivity index (χ2n) is 5.42. The van der Waals surface area contributed by atoms with Crippen molar-refractivity contribution in [3.05, 3.63) is 33.6 Å². The Labute approximate surface area is 156 Å². The van der Waals surface area contributed by atoms with Crippen LogP contribution in [0.4, 0.5) is 0 Å². The second-order valence-corrected chi connectivity index (χ2v) is 7.01. The Morgan fingerprint density at radius 3 is 2.50 bits per heavy atom. The molecule has 2 aromatic rings. The number of ether oxygens (including phenoxy) is 1. The highest BCUT2D eigenvalue weighted by atomic mass is 35.5. The molecule has 0 saturated carbocycles. The van der Waals surface area contributed by atoms with E-state index in [-0.39, 0.29) is 5.92 Å². The van der Waals surface area contributed by atoms with Crippen LogP contribution in [-0.4, -0.2) is 34.0 Å². The fraction of sp³-hybridized carbons (Fsp3) is 0.438. The molecule has 0 bridgehead atoms. The molecule has 5 nitrogen and oxygen atoms in total. The molecule has 0 radical (unpaired) electrons. The Balaban J connectivity index is 2.31. The molecule has 8 heteroatoms. The van der Waals surface area contributed by atoms with Gasteiger partial charge in [-0.1, -0.05) is 55.7 Å². The number of nitrogens with zero attached hydrogens (tertiary/aromatic N) is 4. The number of aromatic nitrogens is 3. The van der Waals surface area contributed by atoms with E-state index in [1.807, 2.05) is 27.0 Å². The molecule has 0 aliphatic carbocycles. The maximum atomic E-state index is 6.26. The van der Waals surface area contributed by atoms with E-state index < -0.39 is 0 Å². The lowest BCUT2D eigenvalue weighted by Crippen LogP contribution is -2.02. The molecule has 0 N–H and O–H groups in total. The highest BCUT2D eigenvalue weighted by Gasteiger charge is 2.14. The molecule has 1 aromatic heterocycles. The van der Waals surface area contributed by atoms with Crippen molar-refractivity contribution in [2.45, 2.75) is 38.3 Å². The van der Waals surface area contributed by atoms with Gasteiger partial charge in [-0.05, 0) is 30.4 Å². The first-order chi connectivity index (χ1) is 11.5. The number of hydrogen-bond acceptors (Lipinski definition) is 5. The quantitative estimate of drug-likeness (QED) is 0.490. The third-order valence-corrected chi connectivity index (χ3v) is 4.31. The molecule has 0 aliphatic rings. The highest BCUT2D eigenvalue weighted by Crippen LogP contribution is 2.34. The van der Waals surface area contributed by atoms with Gasteiger partial charge in [-0.15, -0.1) is 10.2 Å². The van der Waals surface area contributed by atoms with Crippen molar-refractivity contribution in [2.24, 2.45) is 5.10 Å². The number of benzene rings is 1. The maximum Gasteiger partial charge on any atom is 0.211 e. The van der Waals surface area contributed by atoms with Gasteiger partial charge in [-0.2, -0.15) is 9.78 Å². The van der Waals surface area contributed by atoms with Gasteiger partial charge < -0.3 is 4.74 Å². The van der Waals surface area contributed by atoms with Crippen molar-refractivity contribution in [3.63, 3.8) is 0 Å². The van der Waals surface area contributed by atoms with Gasteiger partial charge in [-0.3, -0.25) is 0 Å². The zero-order chi connectivity index (χ0) is 17.7. The average molecular weight is 387 g/mol. The molecule has 1 aromatic carbocycles. The van der Waals surface area contributed by atoms with Gasteiger partial charge in [0, 0.05) is 5.92 Å². The third kappa shape index (κ3) is 4.43. The van der Waals surface area contributed by atoms with Gasteiger partial charge >= 0.3 is 0 Å². The summed E-state index contributed by atoms with van der Waals surface area (Å²) in [7, 11) is 0. The number of hydrogen-bond donors (Lipinski definition) is 0. The van der Waals surface area contributed by atoms with Gasteiger partial charge in [0.2, 0.25) is 5.16 Å². The van der Waals surface area contributed by atoms with Crippen LogP contribution in [0.15, 0.2) is 22.4 Å². The minimum atomic E-state index is 0.215. The van der Waals surface area contributed by atoms with Crippen LogP contribution in [0.2, 0.25) is 10.0 Å². The fourth-order valence-corrected chi connectivity index (χ4v) is 3.04. The minimum absolute atomic E-state index is 0.215. The monoisotopic (exact) mass is 386 g/mol. The summed E-state index contributed by atoms with van der Waals surface area (Å²) in [4.78, 5) is 0. The van der Waals surface area contributed by atoms with Crippen LogP contribution in [0.25, 0.3) is 0 Å². The topological polar surface area (TPSA) is 52.3 Å². The summed E-state index contributed by atoms with van der Waals surface area (Å²) in [5, 5.41) is 14.5. The van der Waals surface area contributed by atoms with Crippen molar-refractivity contribution in [3.8, 4) is 5.75 Å². The Morgan fingerprint density at radius 2 is 1.96 bits per heavy atom. The first-order valence-corrected chi connectivity index (χ1v) is 9.61. The second kappa shape index (κ2) is 8.74. The summed E-state index contributed by atoms with van der Waals surface area (Å²) < 4.78 is 7.31. The molecule has 0 atom stereocenters. The lowest BCUT2D eigenvalue weighted by molar-refractivity contribution is 0.318. The van der Waals surface area contributed by atoms with Crippen LogP contribution in [0.3, 0.4) is 0 Å². The van der Waals surface area contributed by atoms with Crippen molar-refractivity contribution in [2.75, 3.05) is 12.9 Å². The highest BCUT2D eigenvalue weighted by molar-refractivity contribution is 7.98. The summed E-state index contributed by atoms with van der Waals surface area (Å²) in [6.07, 6.45) is 4.52. The van der Waals surface area contributed by atoms with Crippen molar-refractivity contribution in [1.29, 1.82) is 0 Å². The van der Waals surface area contributed by atoms with Gasteiger partial charge in [0.1, 0.15) is 0 Å². The normalized spacial score (nSPS) is 11.6. The Bertz CT molecular complexity index is 708. The molecule has 0 spiro atoms. The first kappa shape index (κ1) is 19.1. The van der Waals surface area contributed by atoms with E-state index in [0.29, 0.717) is 22.4 Å². The van der Waals surface area contributed by atoms with Crippen LogP contribution in [0.1, 0.15) is 44.5 Å². The Morgan fingerprint density at radius 1 is 1.29 bits per heavy atom. The van der Waals surface area contributed by atoms with Gasteiger partial charge in [-0.25, -0.2) is 0 Å². The molecule has 1 heterocycles. The van der Waals surface area contributed by atoms with Crippen LogP contribution < -0.4 is 4.74 Å². The molecule has 0 aliphatic heterocycles. The maximum absolute atomic E-state index is 6.26. The largest absolute Gasteiger partial charge is 0.490 e. The van der Waals surface area contributed by atoms with Gasteiger partial charge in [0.15, 0.2) is 11.6 Å². The van der Waals surface area contributed by atoms with E-state index in [4.69, 9.17) is 27.9 Å². The van der Waals surface area contributed by atoms with Crippen molar-refractivity contribution in [1.82, 2.24) is 14.9 Å². The smallest absolute Gasteiger partial charge is 0.211 e. The molecule has 2 rings (SSSR count). The molecule has 24 heavy (non-hydrogen) atoms. The number of thioether (sulfide) groups is 1. The average Bonchev–Trinajstić information content (AvgIpc) is 2.95. The van der Waals surface area contributed by atoms with Crippen molar-refractivity contribution >= 4 is 41.2 Å². The molecule has 0 saturated heterocycles. The Kier molecular flexibility index (Phi) is 6.95. The molecule has 130 valence electrons. The minimum Gasteiger partial charge on any atom is -0.490 e. The summed E-state index contributed by atoms with van der Waals surface area (Å²) in [6.45, 7) is 6.70. The van der Waals surface area contributed by atoms with Gasteiger partial charge in [0.25, 0.3) is 0 Å². The molecular formula is C16H20Cl2N4OS. The zero-order valence-electron chi connectivity index (χ0n) is 14.1. The summed E-state index contributed by atoms with van der Waals surface area (Å²) >= 11 is 14.0. The predicted octanol–water partition coefficient (Wildman–Crippen LogP) is 5.10. The predicted molar refractivity (Wildman–Crippen MR) is 101 cm³/mol. The van der Waals surface area contributed by atoms with Crippen LogP contribution in [-0.2, 0) is 0 Å².